The Morgan fingerprint density at radius 2 is 2.29 bits per heavy atom. The topological polar surface area (TPSA) is 60.2 Å². The van der Waals surface area contributed by atoms with Crippen molar-refractivity contribution in [2.75, 3.05) is 6.54 Å². The van der Waals surface area contributed by atoms with Gasteiger partial charge in [0.05, 0.1) is 0 Å². The largest absolute Gasteiger partial charge is 0.485 e. The smallest absolute Gasteiger partial charge is 0.229 e. The Morgan fingerprint density at radius 1 is 1.43 bits per heavy atom. The van der Waals surface area contributed by atoms with Crippen LogP contribution in [-0.4, -0.2) is 16.7 Å². The van der Waals surface area contributed by atoms with Crippen LogP contribution in [0.1, 0.15) is 43.0 Å². The second-order valence-electron chi connectivity index (χ2n) is 5.11. The van der Waals surface area contributed by atoms with E-state index >= 15 is 0 Å². The highest BCUT2D eigenvalue weighted by molar-refractivity contribution is 6.31. The fourth-order valence-corrected chi connectivity index (χ4v) is 2.29. The van der Waals surface area contributed by atoms with Crippen LogP contribution in [-0.2, 0) is 13.2 Å². The van der Waals surface area contributed by atoms with Gasteiger partial charge in [0.2, 0.25) is 11.7 Å². The summed E-state index contributed by atoms with van der Waals surface area (Å²) in [6, 6.07) is 5.64. The van der Waals surface area contributed by atoms with Gasteiger partial charge in [0.15, 0.2) is 6.61 Å². The first-order valence-corrected chi connectivity index (χ1v) is 7.59. The molecule has 0 amide bonds. The quantitative estimate of drug-likeness (QED) is 0.850. The molecule has 6 heteroatoms. The molecule has 1 aliphatic carbocycles. The fourth-order valence-electron chi connectivity index (χ4n) is 2.06. The van der Waals surface area contributed by atoms with Gasteiger partial charge in [0.25, 0.3) is 0 Å². The van der Waals surface area contributed by atoms with Crippen LogP contribution in [0.4, 0.5) is 0 Å². The summed E-state index contributed by atoms with van der Waals surface area (Å²) in [6.45, 7) is 3.89. The van der Waals surface area contributed by atoms with Crippen molar-refractivity contribution in [2.24, 2.45) is 0 Å². The highest BCUT2D eigenvalue weighted by Crippen LogP contribution is 2.38. The van der Waals surface area contributed by atoms with E-state index in [1.807, 2.05) is 18.2 Å². The standard InChI is InChI=1S/C15H18ClN3O2/c1-2-17-8-11-12(16)4-3-5-13(11)20-9-14-18-15(21-19-14)10-6-7-10/h3-5,10,17H,2,6-9H2,1H3. The molecular formula is C15H18ClN3O2. The number of rotatable bonds is 7. The minimum Gasteiger partial charge on any atom is -0.485 e. The van der Waals surface area contributed by atoms with Crippen molar-refractivity contribution >= 4 is 11.6 Å². The van der Waals surface area contributed by atoms with E-state index < -0.39 is 0 Å². The number of benzene rings is 1. The molecule has 1 saturated carbocycles. The number of aromatic nitrogens is 2. The van der Waals surface area contributed by atoms with Gasteiger partial charge >= 0.3 is 0 Å². The first kappa shape index (κ1) is 14.4. The van der Waals surface area contributed by atoms with E-state index in [-0.39, 0.29) is 6.61 Å². The molecule has 112 valence electrons. The summed E-state index contributed by atoms with van der Waals surface area (Å²) < 4.78 is 11.0. The molecule has 0 saturated heterocycles. The van der Waals surface area contributed by atoms with Crippen LogP contribution >= 0.6 is 11.6 Å². The summed E-state index contributed by atoms with van der Waals surface area (Å²) in [5.41, 5.74) is 0.951. The van der Waals surface area contributed by atoms with E-state index in [1.165, 1.54) is 0 Å². The Labute approximate surface area is 128 Å². The molecule has 0 radical (unpaired) electrons. The molecule has 0 aliphatic heterocycles. The maximum atomic E-state index is 6.23. The fraction of sp³-hybridized carbons (Fsp3) is 0.467. The zero-order chi connectivity index (χ0) is 14.7. The lowest BCUT2D eigenvalue weighted by molar-refractivity contribution is 0.282. The average Bonchev–Trinajstić information content (AvgIpc) is 3.23. The molecule has 1 aromatic heterocycles. The van der Waals surface area contributed by atoms with Gasteiger partial charge in [-0.05, 0) is 31.5 Å². The molecule has 0 bridgehead atoms. The van der Waals surface area contributed by atoms with Crippen molar-refractivity contribution in [3.8, 4) is 5.75 Å². The van der Waals surface area contributed by atoms with E-state index in [0.717, 1.165) is 36.6 Å². The number of hydrogen-bond acceptors (Lipinski definition) is 5. The zero-order valence-corrected chi connectivity index (χ0v) is 12.7. The van der Waals surface area contributed by atoms with Crippen molar-refractivity contribution in [3.05, 3.63) is 40.5 Å². The predicted molar refractivity (Wildman–Crippen MR) is 79.4 cm³/mol. The molecule has 3 rings (SSSR count). The highest BCUT2D eigenvalue weighted by Gasteiger charge is 2.29. The van der Waals surface area contributed by atoms with Crippen LogP contribution in [0, 0.1) is 0 Å². The summed E-state index contributed by atoms with van der Waals surface area (Å²) in [5, 5.41) is 7.90. The Morgan fingerprint density at radius 3 is 3.05 bits per heavy atom. The van der Waals surface area contributed by atoms with E-state index in [2.05, 4.69) is 22.4 Å². The molecular weight excluding hydrogens is 290 g/mol. The Hall–Kier alpha value is -1.59. The third-order valence-corrected chi connectivity index (χ3v) is 3.75. The Kier molecular flexibility index (Phi) is 4.41. The molecule has 0 spiro atoms. The lowest BCUT2D eigenvalue weighted by atomic mass is 10.2. The van der Waals surface area contributed by atoms with E-state index in [0.29, 0.717) is 23.3 Å². The Bertz CT molecular complexity index is 611. The molecule has 2 aromatic rings. The van der Waals surface area contributed by atoms with Crippen LogP contribution < -0.4 is 10.1 Å². The maximum Gasteiger partial charge on any atom is 0.229 e. The molecule has 1 heterocycles. The first-order chi connectivity index (χ1) is 10.3. The van der Waals surface area contributed by atoms with Gasteiger partial charge in [0, 0.05) is 23.0 Å². The van der Waals surface area contributed by atoms with E-state index in [9.17, 15) is 0 Å². The monoisotopic (exact) mass is 307 g/mol. The normalized spacial score (nSPS) is 14.4. The molecule has 1 N–H and O–H groups in total. The molecule has 5 nitrogen and oxygen atoms in total. The maximum absolute atomic E-state index is 6.23. The van der Waals surface area contributed by atoms with Gasteiger partial charge in [-0.2, -0.15) is 4.98 Å². The van der Waals surface area contributed by atoms with Crippen LogP contribution in [0.15, 0.2) is 22.7 Å². The van der Waals surface area contributed by atoms with Crippen molar-refractivity contribution in [2.45, 2.75) is 38.8 Å². The van der Waals surface area contributed by atoms with Gasteiger partial charge in [-0.15, -0.1) is 0 Å². The number of nitrogens with zero attached hydrogens (tertiary/aromatic N) is 2. The van der Waals surface area contributed by atoms with Crippen molar-refractivity contribution < 1.29 is 9.26 Å². The van der Waals surface area contributed by atoms with Crippen LogP contribution in [0.2, 0.25) is 5.02 Å². The summed E-state index contributed by atoms with van der Waals surface area (Å²) in [5.74, 6) is 2.52. The van der Waals surface area contributed by atoms with Gasteiger partial charge in [-0.25, -0.2) is 0 Å². The van der Waals surface area contributed by atoms with Crippen molar-refractivity contribution in [1.29, 1.82) is 0 Å². The summed E-state index contributed by atoms with van der Waals surface area (Å²) in [7, 11) is 0. The minimum atomic E-state index is 0.287. The van der Waals surface area contributed by atoms with E-state index in [1.54, 1.807) is 0 Å². The zero-order valence-electron chi connectivity index (χ0n) is 11.9. The number of halogens is 1. The van der Waals surface area contributed by atoms with Crippen molar-refractivity contribution in [1.82, 2.24) is 15.5 Å². The minimum absolute atomic E-state index is 0.287. The molecule has 0 atom stereocenters. The molecule has 21 heavy (non-hydrogen) atoms. The van der Waals surface area contributed by atoms with Gasteiger partial charge in [-0.3, -0.25) is 0 Å². The third kappa shape index (κ3) is 3.54. The number of ether oxygens (including phenoxy) is 1. The van der Waals surface area contributed by atoms with Crippen LogP contribution in [0.3, 0.4) is 0 Å². The second-order valence-corrected chi connectivity index (χ2v) is 5.52. The van der Waals surface area contributed by atoms with Gasteiger partial charge in [0.1, 0.15) is 5.75 Å². The lowest BCUT2D eigenvalue weighted by Crippen LogP contribution is -2.13. The lowest BCUT2D eigenvalue weighted by Gasteiger charge is -2.12. The summed E-state index contributed by atoms with van der Waals surface area (Å²) in [6.07, 6.45) is 2.28. The molecule has 1 aliphatic rings. The predicted octanol–water partition coefficient (Wildman–Crippen LogP) is 3.29. The second kappa shape index (κ2) is 6.45. The van der Waals surface area contributed by atoms with E-state index in [4.69, 9.17) is 20.9 Å². The third-order valence-electron chi connectivity index (χ3n) is 3.39. The molecule has 1 aromatic carbocycles. The highest BCUT2D eigenvalue weighted by atomic mass is 35.5. The summed E-state index contributed by atoms with van der Waals surface area (Å²) in [4.78, 5) is 4.35. The number of nitrogens with one attached hydrogen (secondary N) is 1. The first-order valence-electron chi connectivity index (χ1n) is 7.21. The van der Waals surface area contributed by atoms with Crippen molar-refractivity contribution in [3.63, 3.8) is 0 Å². The summed E-state index contributed by atoms with van der Waals surface area (Å²) >= 11 is 6.23. The van der Waals surface area contributed by atoms with Gasteiger partial charge in [-0.1, -0.05) is 29.7 Å². The van der Waals surface area contributed by atoms with Crippen LogP contribution in [0.5, 0.6) is 5.75 Å². The number of hydrogen-bond donors (Lipinski definition) is 1. The SMILES string of the molecule is CCNCc1c(Cl)cccc1OCc1noc(C2CC2)n1. The van der Waals surface area contributed by atoms with Crippen LogP contribution in [0.25, 0.3) is 0 Å². The Balaban J connectivity index is 1.67. The molecule has 0 unspecified atom stereocenters. The molecule has 1 fully saturated rings. The average molecular weight is 308 g/mol. The van der Waals surface area contributed by atoms with Gasteiger partial charge < -0.3 is 14.6 Å².